The molecule has 1 heterocycles. The number of amides is 1. The lowest BCUT2D eigenvalue weighted by molar-refractivity contribution is -0.118. The van der Waals surface area contributed by atoms with Crippen molar-refractivity contribution in [1.29, 1.82) is 0 Å². The molecular formula is C10H19N5O. The summed E-state index contributed by atoms with van der Waals surface area (Å²) in [6.07, 6.45) is 0.813. The third-order valence-corrected chi connectivity index (χ3v) is 2.29. The molecule has 6 nitrogen and oxygen atoms in total. The Morgan fingerprint density at radius 2 is 2.19 bits per heavy atom. The summed E-state index contributed by atoms with van der Waals surface area (Å²) < 4.78 is 1.72. The molecule has 6 heteroatoms. The topological polar surface area (TPSA) is 85.0 Å². The number of rotatable bonds is 5. The van der Waals surface area contributed by atoms with Crippen LogP contribution in [-0.2, 0) is 18.3 Å². The smallest absolute Gasteiger partial charge is 0.216 e. The van der Waals surface area contributed by atoms with Crippen LogP contribution >= 0.6 is 0 Å². The highest BCUT2D eigenvalue weighted by Crippen LogP contribution is 2.21. The number of hydrogen-bond donors (Lipinski definition) is 3. The van der Waals surface area contributed by atoms with Crippen molar-refractivity contribution in [2.75, 3.05) is 24.1 Å². The molecule has 0 saturated heterocycles. The van der Waals surface area contributed by atoms with E-state index >= 15 is 0 Å². The average molecular weight is 225 g/mol. The van der Waals surface area contributed by atoms with Gasteiger partial charge in [0.2, 0.25) is 5.91 Å². The molecule has 90 valence electrons. The van der Waals surface area contributed by atoms with Gasteiger partial charge in [0.15, 0.2) is 0 Å². The van der Waals surface area contributed by atoms with Crippen molar-refractivity contribution in [1.82, 2.24) is 15.1 Å². The Morgan fingerprint density at radius 1 is 1.50 bits per heavy atom. The number of nitrogens with one attached hydrogen (secondary N) is 2. The first kappa shape index (κ1) is 12.4. The molecule has 0 aliphatic carbocycles. The fraction of sp³-hybridized carbons (Fsp3) is 0.600. The van der Waals surface area contributed by atoms with Gasteiger partial charge in [-0.15, -0.1) is 0 Å². The number of carbonyl (C=O) groups excluding carboxylic acids is 1. The SMILES string of the molecule is CCc1nn(C)c(NCCNC(C)=O)c1N. The summed E-state index contributed by atoms with van der Waals surface area (Å²) >= 11 is 0. The van der Waals surface area contributed by atoms with Crippen LogP contribution in [0.4, 0.5) is 11.5 Å². The van der Waals surface area contributed by atoms with Gasteiger partial charge in [-0.2, -0.15) is 5.10 Å². The quantitative estimate of drug-likeness (QED) is 0.621. The number of aromatic nitrogens is 2. The second kappa shape index (κ2) is 5.39. The van der Waals surface area contributed by atoms with E-state index in [1.54, 1.807) is 4.68 Å². The van der Waals surface area contributed by atoms with E-state index in [1.165, 1.54) is 6.92 Å². The van der Waals surface area contributed by atoms with Gasteiger partial charge >= 0.3 is 0 Å². The zero-order valence-electron chi connectivity index (χ0n) is 10.0. The molecule has 0 aliphatic rings. The largest absolute Gasteiger partial charge is 0.394 e. The van der Waals surface area contributed by atoms with E-state index in [1.807, 2.05) is 14.0 Å². The first-order chi connectivity index (χ1) is 7.56. The van der Waals surface area contributed by atoms with Crippen molar-refractivity contribution >= 4 is 17.4 Å². The normalized spacial score (nSPS) is 10.2. The number of anilines is 2. The molecule has 0 atom stereocenters. The number of nitrogen functional groups attached to an aromatic ring is 1. The van der Waals surface area contributed by atoms with Crippen molar-refractivity contribution in [3.8, 4) is 0 Å². The average Bonchev–Trinajstić information content (AvgIpc) is 2.50. The second-order valence-corrected chi connectivity index (χ2v) is 3.60. The fourth-order valence-corrected chi connectivity index (χ4v) is 1.49. The molecule has 0 radical (unpaired) electrons. The van der Waals surface area contributed by atoms with Crippen molar-refractivity contribution in [2.24, 2.45) is 7.05 Å². The lowest BCUT2D eigenvalue weighted by Gasteiger charge is -2.07. The third-order valence-electron chi connectivity index (χ3n) is 2.29. The van der Waals surface area contributed by atoms with Crippen LogP contribution in [0.1, 0.15) is 19.5 Å². The summed E-state index contributed by atoms with van der Waals surface area (Å²) in [5, 5.41) is 10.1. The lowest BCUT2D eigenvalue weighted by atomic mass is 10.3. The number of carbonyl (C=O) groups is 1. The third kappa shape index (κ3) is 2.88. The molecule has 0 saturated carbocycles. The molecule has 1 rings (SSSR count). The van der Waals surface area contributed by atoms with Gasteiger partial charge in [-0.05, 0) is 6.42 Å². The van der Waals surface area contributed by atoms with Crippen LogP contribution in [0.2, 0.25) is 0 Å². The predicted molar refractivity (Wildman–Crippen MR) is 64.2 cm³/mol. The minimum atomic E-state index is -0.0333. The maximum absolute atomic E-state index is 10.7. The maximum Gasteiger partial charge on any atom is 0.216 e. The molecule has 1 aromatic heterocycles. The lowest BCUT2D eigenvalue weighted by Crippen LogP contribution is -2.26. The Labute approximate surface area is 95.2 Å². The molecule has 0 bridgehead atoms. The van der Waals surface area contributed by atoms with E-state index in [2.05, 4.69) is 15.7 Å². The van der Waals surface area contributed by atoms with Crippen molar-refractivity contribution in [3.05, 3.63) is 5.69 Å². The highest BCUT2D eigenvalue weighted by molar-refractivity contribution is 5.72. The summed E-state index contributed by atoms with van der Waals surface area (Å²) in [5.74, 6) is 0.774. The standard InChI is InChI=1S/C10H19N5O/c1-4-8-9(11)10(15(3)14-8)13-6-5-12-7(2)16/h13H,4-6,11H2,1-3H3,(H,12,16). The van der Waals surface area contributed by atoms with Gasteiger partial charge in [-0.1, -0.05) is 6.92 Å². The Bertz CT molecular complexity index is 372. The van der Waals surface area contributed by atoms with Gasteiger partial charge in [-0.25, -0.2) is 0 Å². The van der Waals surface area contributed by atoms with Crippen LogP contribution < -0.4 is 16.4 Å². The first-order valence-electron chi connectivity index (χ1n) is 5.35. The minimum Gasteiger partial charge on any atom is -0.394 e. The molecule has 1 amide bonds. The van der Waals surface area contributed by atoms with Gasteiger partial charge in [0, 0.05) is 27.1 Å². The van der Waals surface area contributed by atoms with Gasteiger partial charge in [0.25, 0.3) is 0 Å². The van der Waals surface area contributed by atoms with Crippen molar-refractivity contribution in [3.63, 3.8) is 0 Å². The number of aryl methyl sites for hydroxylation is 2. The maximum atomic E-state index is 10.7. The zero-order chi connectivity index (χ0) is 12.1. The van der Waals surface area contributed by atoms with Crippen LogP contribution in [0.25, 0.3) is 0 Å². The van der Waals surface area contributed by atoms with Gasteiger partial charge in [0.1, 0.15) is 5.82 Å². The van der Waals surface area contributed by atoms with Crippen LogP contribution in [0, 0.1) is 0 Å². The fourth-order valence-electron chi connectivity index (χ4n) is 1.49. The Hall–Kier alpha value is -1.72. The molecule has 0 fully saturated rings. The summed E-state index contributed by atoms with van der Waals surface area (Å²) in [5.41, 5.74) is 7.50. The van der Waals surface area contributed by atoms with Gasteiger partial charge in [0.05, 0.1) is 11.4 Å². The molecule has 0 unspecified atom stereocenters. The molecule has 0 aromatic carbocycles. The van der Waals surface area contributed by atoms with E-state index in [9.17, 15) is 4.79 Å². The summed E-state index contributed by atoms with van der Waals surface area (Å²) in [4.78, 5) is 10.7. The van der Waals surface area contributed by atoms with Crippen LogP contribution in [0.3, 0.4) is 0 Å². The van der Waals surface area contributed by atoms with E-state index in [0.717, 1.165) is 17.9 Å². The highest BCUT2D eigenvalue weighted by Gasteiger charge is 2.10. The van der Waals surface area contributed by atoms with Gasteiger partial charge in [-0.3, -0.25) is 9.48 Å². The first-order valence-corrected chi connectivity index (χ1v) is 5.35. The molecule has 0 aliphatic heterocycles. The van der Waals surface area contributed by atoms with Crippen LogP contribution in [-0.4, -0.2) is 28.8 Å². The van der Waals surface area contributed by atoms with E-state index in [4.69, 9.17) is 5.73 Å². The molecule has 1 aromatic rings. The summed E-state index contributed by atoms with van der Waals surface area (Å²) in [6, 6.07) is 0. The second-order valence-electron chi connectivity index (χ2n) is 3.60. The van der Waals surface area contributed by atoms with Crippen LogP contribution in [0.15, 0.2) is 0 Å². The number of hydrogen-bond acceptors (Lipinski definition) is 4. The minimum absolute atomic E-state index is 0.0333. The Morgan fingerprint density at radius 3 is 2.69 bits per heavy atom. The number of nitrogens with two attached hydrogens (primary N) is 1. The van der Waals surface area contributed by atoms with Gasteiger partial charge < -0.3 is 16.4 Å². The Kier molecular flexibility index (Phi) is 4.16. The molecule has 4 N–H and O–H groups in total. The zero-order valence-corrected chi connectivity index (χ0v) is 10.0. The van der Waals surface area contributed by atoms with E-state index in [-0.39, 0.29) is 5.91 Å². The summed E-state index contributed by atoms with van der Waals surface area (Å²) in [7, 11) is 1.84. The van der Waals surface area contributed by atoms with Crippen molar-refractivity contribution < 1.29 is 4.79 Å². The monoisotopic (exact) mass is 225 g/mol. The summed E-state index contributed by atoms with van der Waals surface area (Å²) in [6.45, 7) is 4.71. The van der Waals surface area contributed by atoms with Crippen molar-refractivity contribution in [2.45, 2.75) is 20.3 Å². The van der Waals surface area contributed by atoms with E-state index in [0.29, 0.717) is 18.8 Å². The number of nitrogens with zero attached hydrogens (tertiary/aromatic N) is 2. The van der Waals surface area contributed by atoms with E-state index < -0.39 is 0 Å². The molecule has 0 spiro atoms. The highest BCUT2D eigenvalue weighted by atomic mass is 16.1. The molecule has 16 heavy (non-hydrogen) atoms. The predicted octanol–water partition coefficient (Wildman–Crippen LogP) is 0.113. The van der Waals surface area contributed by atoms with Crippen LogP contribution in [0.5, 0.6) is 0 Å². The molecular weight excluding hydrogens is 206 g/mol. The Balaban J connectivity index is 2.53.